The quantitative estimate of drug-likeness (QED) is 0.632. The van der Waals surface area contributed by atoms with E-state index in [1.807, 2.05) is 6.07 Å². The van der Waals surface area contributed by atoms with Crippen LogP contribution in [0.5, 0.6) is 0 Å². The summed E-state index contributed by atoms with van der Waals surface area (Å²) in [6.07, 6.45) is 3.04. The van der Waals surface area contributed by atoms with Crippen molar-refractivity contribution < 1.29 is 4.39 Å². The lowest BCUT2D eigenvalue weighted by Crippen LogP contribution is -2.20. The first-order valence-corrected chi connectivity index (χ1v) is 7.18. The molecule has 1 aromatic carbocycles. The van der Waals surface area contributed by atoms with E-state index >= 15 is 0 Å². The maximum absolute atomic E-state index is 13.2. The minimum absolute atomic E-state index is 0.196. The molecule has 96 valence electrons. The monoisotopic (exact) mass is 320 g/mol. The van der Waals surface area contributed by atoms with Crippen molar-refractivity contribution in [3.63, 3.8) is 0 Å². The Bertz CT molecular complexity index is 371. The van der Waals surface area contributed by atoms with Gasteiger partial charge in [0.1, 0.15) is 5.82 Å². The summed E-state index contributed by atoms with van der Waals surface area (Å²) >= 11 is 9.35. The second kappa shape index (κ2) is 6.19. The number of aryl methyl sites for hydroxylation is 1. The van der Waals surface area contributed by atoms with Crippen molar-refractivity contribution in [3.05, 3.63) is 34.6 Å². The van der Waals surface area contributed by atoms with Crippen LogP contribution in [0.25, 0.3) is 0 Å². The van der Waals surface area contributed by atoms with Gasteiger partial charge in [0.05, 0.1) is 5.02 Å². The zero-order valence-electron chi connectivity index (χ0n) is 10.6. The molecule has 0 aromatic heterocycles. The van der Waals surface area contributed by atoms with Crippen LogP contribution >= 0.6 is 27.5 Å². The van der Waals surface area contributed by atoms with Gasteiger partial charge in [-0.3, -0.25) is 0 Å². The Morgan fingerprint density at radius 3 is 2.53 bits per heavy atom. The van der Waals surface area contributed by atoms with Gasteiger partial charge in [0, 0.05) is 4.83 Å². The number of alkyl halides is 1. The van der Waals surface area contributed by atoms with Crippen molar-refractivity contribution in [2.75, 3.05) is 0 Å². The molecule has 0 radical (unpaired) electrons. The highest BCUT2D eigenvalue weighted by Crippen LogP contribution is 2.30. The molecule has 0 amide bonds. The molecule has 1 unspecified atom stereocenters. The molecule has 0 heterocycles. The molecule has 0 aliphatic carbocycles. The van der Waals surface area contributed by atoms with Gasteiger partial charge in [0.15, 0.2) is 0 Å². The fourth-order valence-corrected chi connectivity index (χ4v) is 2.05. The van der Waals surface area contributed by atoms with E-state index in [2.05, 4.69) is 36.7 Å². The Balaban J connectivity index is 2.44. The van der Waals surface area contributed by atoms with Gasteiger partial charge in [-0.2, -0.15) is 0 Å². The first-order chi connectivity index (χ1) is 7.80. The number of halogens is 3. The number of rotatable bonds is 4. The van der Waals surface area contributed by atoms with Crippen molar-refractivity contribution in [2.24, 2.45) is 5.41 Å². The average molecular weight is 322 g/mol. The Kier molecular flexibility index (Phi) is 5.46. The summed E-state index contributed by atoms with van der Waals surface area (Å²) in [5.41, 5.74) is 1.28. The van der Waals surface area contributed by atoms with Crippen LogP contribution in [0.3, 0.4) is 0 Å². The molecule has 0 N–H and O–H groups in total. The van der Waals surface area contributed by atoms with E-state index in [-0.39, 0.29) is 16.3 Å². The van der Waals surface area contributed by atoms with Crippen LogP contribution in [0.2, 0.25) is 5.02 Å². The van der Waals surface area contributed by atoms with Crippen LogP contribution in [0.1, 0.15) is 39.2 Å². The molecule has 0 saturated heterocycles. The number of hydrogen-bond acceptors (Lipinski definition) is 0. The Morgan fingerprint density at radius 1 is 1.35 bits per heavy atom. The Morgan fingerprint density at radius 2 is 2.00 bits per heavy atom. The van der Waals surface area contributed by atoms with E-state index in [0.717, 1.165) is 24.8 Å². The van der Waals surface area contributed by atoms with Crippen LogP contribution < -0.4 is 0 Å². The van der Waals surface area contributed by atoms with Crippen LogP contribution in [-0.2, 0) is 6.42 Å². The third-order valence-corrected chi connectivity index (χ3v) is 4.98. The molecule has 1 atom stereocenters. The molecule has 3 heteroatoms. The third-order valence-electron chi connectivity index (χ3n) is 2.85. The molecule has 0 fully saturated rings. The van der Waals surface area contributed by atoms with E-state index in [9.17, 15) is 4.39 Å². The second-order valence-corrected chi connectivity index (χ2v) is 6.99. The smallest absolute Gasteiger partial charge is 0.142 e. The third kappa shape index (κ3) is 4.97. The number of hydrogen-bond donors (Lipinski definition) is 0. The highest BCUT2D eigenvalue weighted by atomic mass is 79.9. The second-order valence-electron chi connectivity index (χ2n) is 5.47. The van der Waals surface area contributed by atoms with E-state index in [0.29, 0.717) is 4.83 Å². The summed E-state index contributed by atoms with van der Waals surface area (Å²) in [4.78, 5) is 0.493. The van der Waals surface area contributed by atoms with Crippen LogP contribution in [-0.4, -0.2) is 4.83 Å². The van der Waals surface area contributed by atoms with E-state index in [1.54, 1.807) is 6.07 Å². The number of benzene rings is 1. The standard InChI is InChI=1S/C14H19BrClF/c1-14(2,3)13(15)6-4-5-10-7-8-11(16)12(17)9-10/h7-9,13H,4-6H2,1-3H3. The summed E-state index contributed by atoms with van der Waals surface area (Å²) in [6, 6.07) is 5.05. The summed E-state index contributed by atoms with van der Waals surface area (Å²) < 4.78 is 13.2. The summed E-state index contributed by atoms with van der Waals surface area (Å²) in [6.45, 7) is 6.65. The van der Waals surface area contributed by atoms with Crippen LogP contribution in [0.4, 0.5) is 4.39 Å². The summed E-state index contributed by atoms with van der Waals surface area (Å²) in [7, 11) is 0. The van der Waals surface area contributed by atoms with E-state index < -0.39 is 0 Å². The normalized spacial score (nSPS) is 13.8. The molecular formula is C14H19BrClF. The maximum Gasteiger partial charge on any atom is 0.142 e. The van der Waals surface area contributed by atoms with Crippen molar-refractivity contribution >= 4 is 27.5 Å². The predicted octanol–water partition coefficient (Wildman–Crippen LogP) is 5.61. The van der Waals surface area contributed by atoms with Crippen molar-refractivity contribution in [3.8, 4) is 0 Å². The largest absolute Gasteiger partial charge is 0.205 e. The highest BCUT2D eigenvalue weighted by molar-refractivity contribution is 9.09. The van der Waals surface area contributed by atoms with Gasteiger partial charge in [-0.05, 0) is 42.4 Å². The Hall–Kier alpha value is -0.0800. The minimum atomic E-state index is -0.324. The van der Waals surface area contributed by atoms with Gasteiger partial charge in [-0.25, -0.2) is 4.39 Å². The first kappa shape index (κ1) is 15.0. The van der Waals surface area contributed by atoms with E-state index in [4.69, 9.17) is 11.6 Å². The lowest BCUT2D eigenvalue weighted by Gasteiger charge is -2.25. The zero-order chi connectivity index (χ0) is 13.1. The molecule has 17 heavy (non-hydrogen) atoms. The fraction of sp³-hybridized carbons (Fsp3) is 0.571. The average Bonchev–Trinajstić information content (AvgIpc) is 2.22. The van der Waals surface area contributed by atoms with Crippen molar-refractivity contribution in [1.82, 2.24) is 0 Å². The highest BCUT2D eigenvalue weighted by Gasteiger charge is 2.20. The lowest BCUT2D eigenvalue weighted by atomic mass is 9.89. The van der Waals surface area contributed by atoms with Gasteiger partial charge in [0.2, 0.25) is 0 Å². The fourth-order valence-electron chi connectivity index (χ4n) is 1.61. The molecule has 1 rings (SSSR count). The van der Waals surface area contributed by atoms with Gasteiger partial charge in [0.25, 0.3) is 0 Å². The maximum atomic E-state index is 13.2. The van der Waals surface area contributed by atoms with E-state index in [1.165, 1.54) is 6.07 Å². The molecule has 0 spiro atoms. The summed E-state index contributed by atoms with van der Waals surface area (Å²) in [5, 5.41) is 0.196. The van der Waals surface area contributed by atoms with Gasteiger partial charge in [-0.15, -0.1) is 0 Å². The van der Waals surface area contributed by atoms with Crippen molar-refractivity contribution in [2.45, 2.75) is 44.9 Å². The van der Waals surface area contributed by atoms with Crippen LogP contribution in [0, 0.1) is 11.2 Å². The molecule has 0 aliphatic heterocycles. The molecule has 1 aromatic rings. The minimum Gasteiger partial charge on any atom is -0.205 e. The van der Waals surface area contributed by atoms with Gasteiger partial charge < -0.3 is 0 Å². The predicted molar refractivity (Wildman–Crippen MR) is 76.5 cm³/mol. The molecule has 0 bridgehead atoms. The summed E-state index contributed by atoms with van der Waals surface area (Å²) in [5.74, 6) is -0.324. The molecule has 0 saturated carbocycles. The molecule has 0 aliphatic rings. The lowest BCUT2D eigenvalue weighted by molar-refractivity contribution is 0.380. The SMILES string of the molecule is CC(C)(C)C(Br)CCCc1ccc(Cl)c(F)c1. The van der Waals surface area contributed by atoms with Gasteiger partial charge >= 0.3 is 0 Å². The zero-order valence-corrected chi connectivity index (χ0v) is 12.9. The van der Waals surface area contributed by atoms with Crippen LogP contribution in [0.15, 0.2) is 18.2 Å². The topological polar surface area (TPSA) is 0 Å². The molecule has 0 nitrogen and oxygen atoms in total. The Labute approximate surface area is 117 Å². The first-order valence-electron chi connectivity index (χ1n) is 5.88. The van der Waals surface area contributed by atoms with Gasteiger partial charge in [-0.1, -0.05) is 54.4 Å². The molecular weight excluding hydrogens is 303 g/mol. The van der Waals surface area contributed by atoms with Crippen molar-refractivity contribution in [1.29, 1.82) is 0 Å².